The first-order valence-electron chi connectivity index (χ1n) is 4.32. The normalized spacial score (nSPS) is 11.5. The molecule has 1 unspecified atom stereocenters. The van der Waals surface area contributed by atoms with Crippen LogP contribution in [0.1, 0.15) is 12.8 Å². The molecule has 0 saturated heterocycles. The zero-order valence-electron chi connectivity index (χ0n) is 8.58. The SMILES string of the molecule is NCC(=O)OC(=O)CC(O)(CC(=O)O)C(=O)O.[NaH].[NaH].[NaH]. The molecule has 0 saturated carbocycles. The number of rotatable bonds is 6. The summed E-state index contributed by atoms with van der Waals surface area (Å²) < 4.78 is 4.01. The Bertz CT molecular complexity index is 364. The van der Waals surface area contributed by atoms with Crippen LogP contribution in [0.25, 0.3) is 0 Å². The van der Waals surface area contributed by atoms with E-state index < -0.39 is 48.9 Å². The molecule has 20 heavy (non-hydrogen) atoms. The van der Waals surface area contributed by atoms with Crippen LogP contribution in [0.5, 0.6) is 0 Å². The van der Waals surface area contributed by atoms with Crippen molar-refractivity contribution >= 4 is 113 Å². The zero-order valence-corrected chi connectivity index (χ0v) is 8.58. The minimum atomic E-state index is -2.82. The van der Waals surface area contributed by atoms with E-state index in [0.717, 1.165) is 0 Å². The first kappa shape index (κ1) is 29.1. The van der Waals surface area contributed by atoms with E-state index in [9.17, 15) is 24.3 Å². The van der Waals surface area contributed by atoms with Crippen LogP contribution in [0.3, 0.4) is 0 Å². The maximum atomic E-state index is 11.0. The van der Waals surface area contributed by atoms with Crippen LogP contribution in [0.2, 0.25) is 0 Å². The molecule has 12 heteroatoms. The van der Waals surface area contributed by atoms with Gasteiger partial charge in [0.25, 0.3) is 0 Å². The van der Waals surface area contributed by atoms with Crippen LogP contribution < -0.4 is 5.73 Å². The van der Waals surface area contributed by atoms with Gasteiger partial charge in [-0.05, 0) is 0 Å². The summed E-state index contributed by atoms with van der Waals surface area (Å²) in [6, 6.07) is 0. The van der Waals surface area contributed by atoms with Crippen LogP contribution in [0.15, 0.2) is 0 Å². The Morgan fingerprint density at radius 2 is 1.40 bits per heavy atom. The summed E-state index contributed by atoms with van der Waals surface area (Å²) in [7, 11) is 0. The van der Waals surface area contributed by atoms with Crippen molar-refractivity contribution in [1.82, 2.24) is 0 Å². The van der Waals surface area contributed by atoms with Crippen molar-refractivity contribution in [3.8, 4) is 0 Å². The number of aliphatic hydroxyl groups is 1. The van der Waals surface area contributed by atoms with Crippen molar-refractivity contribution < 1.29 is 39.2 Å². The van der Waals surface area contributed by atoms with E-state index >= 15 is 0 Å². The molecule has 0 aromatic heterocycles. The number of carboxylic acids is 2. The second-order valence-corrected chi connectivity index (χ2v) is 3.13. The van der Waals surface area contributed by atoms with Gasteiger partial charge in [0.15, 0.2) is 5.60 Å². The van der Waals surface area contributed by atoms with Gasteiger partial charge in [0.05, 0.1) is 19.4 Å². The molecule has 0 aromatic carbocycles. The van der Waals surface area contributed by atoms with Crippen molar-refractivity contribution in [1.29, 1.82) is 0 Å². The summed E-state index contributed by atoms with van der Waals surface area (Å²) >= 11 is 0. The molecule has 0 aliphatic heterocycles. The summed E-state index contributed by atoms with van der Waals surface area (Å²) in [6.45, 7) is -0.601. The van der Waals surface area contributed by atoms with Crippen LogP contribution in [-0.4, -0.2) is 140 Å². The summed E-state index contributed by atoms with van der Waals surface area (Å²) in [5, 5.41) is 26.4. The van der Waals surface area contributed by atoms with Crippen LogP contribution in [0.4, 0.5) is 0 Å². The van der Waals surface area contributed by atoms with Gasteiger partial charge in [-0.2, -0.15) is 0 Å². The van der Waals surface area contributed by atoms with Crippen molar-refractivity contribution in [2.75, 3.05) is 6.54 Å². The van der Waals surface area contributed by atoms with Crippen molar-refractivity contribution in [2.24, 2.45) is 5.73 Å². The third-order valence-electron chi connectivity index (χ3n) is 1.67. The Labute approximate surface area is 180 Å². The van der Waals surface area contributed by atoms with Crippen LogP contribution >= 0.6 is 0 Å². The van der Waals surface area contributed by atoms with Crippen molar-refractivity contribution in [3.05, 3.63) is 0 Å². The molecular formula is C8H14NNa3O8. The van der Waals surface area contributed by atoms with E-state index in [2.05, 4.69) is 4.74 Å². The number of esters is 2. The predicted molar refractivity (Wildman–Crippen MR) is 71.1 cm³/mol. The quantitative estimate of drug-likeness (QED) is 0.215. The van der Waals surface area contributed by atoms with E-state index in [1.54, 1.807) is 0 Å². The summed E-state index contributed by atoms with van der Waals surface area (Å²) in [5.41, 5.74) is 2.00. The average molecular weight is 321 g/mol. The molecule has 0 bridgehead atoms. The predicted octanol–water partition coefficient (Wildman–Crippen LogP) is -4.25. The minimum absolute atomic E-state index is 0. The Hall–Kier alpha value is 1.00. The third kappa shape index (κ3) is 11.6. The molecule has 0 aliphatic carbocycles. The Morgan fingerprint density at radius 3 is 1.70 bits per heavy atom. The molecule has 0 spiro atoms. The second kappa shape index (κ2) is 13.6. The van der Waals surface area contributed by atoms with E-state index in [1.165, 1.54) is 0 Å². The molecule has 5 N–H and O–H groups in total. The van der Waals surface area contributed by atoms with Crippen molar-refractivity contribution in [2.45, 2.75) is 18.4 Å². The van der Waals surface area contributed by atoms with Gasteiger partial charge in [-0.15, -0.1) is 0 Å². The van der Waals surface area contributed by atoms with Gasteiger partial charge in [0.1, 0.15) is 0 Å². The topological polar surface area (TPSA) is 164 Å². The molecule has 0 radical (unpaired) electrons. The number of hydrogen-bond acceptors (Lipinski definition) is 7. The zero-order chi connectivity index (χ0) is 13.6. The molecule has 0 amide bonds. The third-order valence-corrected chi connectivity index (χ3v) is 1.67. The fraction of sp³-hybridized carbons (Fsp3) is 0.500. The van der Waals surface area contributed by atoms with Crippen molar-refractivity contribution in [3.63, 3.8) is 0 Å². The molecule has 102 valence electrons. The van der Waals surface area contributed by atoms with Gasteiger partial charge in [-0.1, -0.05) is 0 Å². The fourth-order valence-electron chi connectivity index (χ4n) is 0.907. The number of ether oxygens (including phenoxy) is 1. The van der Waals surface area contributed by atoms with Crippen LogP contribution in [0, 0.1) is 0 Å². The van der Waals surface area contributed by atoms with Crippen LogP contribution in [-0.2, 0) is 23.9 Å². The van der Waals surface area contributed by atoms with E-state index in [4.69, 9.17) is 15.9 Å². The Morgan fingerprint density at radius 1 is 0.950 bits per heavy atom. The average Bonchev–Trinajstić information content (AvgIpc) is 2.15. The fourth-order valence-corrected chi connectivity index (χ4v) is 0.907. The van der Waals surface area contributed by atoms with E-state index in [-0.39, 0.29) is 88.7 Å². The number of carbonyl (C=O) groups excluding carboxylic acids is 2. The first-order valence-corrected chi connectivity index (χ1v) is 4.32. The molecule has 1 atom stereocenters. The summed E-state index contributed by atoms with van der Waals surface area (Å²) in [6.07, 6.45) is -2.37. The maximum absolute atomic E-state index is 11.0. The molecular weight excluding hydrogens is 307 g/mol. The van der Waals surface area contributed by atoms with Gasteiger partial charge in [0, 0.05) is 0 Å². The standard InChI is InChI=1S/C8H11NO8.3Na.3H/c9-3-6(13)17-5(12)2-8(16,7(14)15)1-4(10)11;;;;;;/h16H,1-3,9H2,(H,10,11)(H,14,15);;;;;;. The molecule has 0 aliphatic rings. The number of nitrogens with two attached hydrogens (primary N) is 1. The number of hydrogen-bond donors (Lipinski definition) is 4. The molecule has 0 aromatic rings. The number of aliphatic carboxylic acids is 2. The molecule has 9 nitrogen and oxygen atoms in total. The van der Waals surface area contributed by atoms with Gasteiger partial charge in [-0.3, -0.25) is 14.4 Å². The number of carbonyl (C=O) groups is 4. The van der Waals surface area contributed by atoms with Gasteiger partial charge >= 0.3 is 113 Å². The van der Waals surface area contributed by atoms with Gasteiger partial charge in [0.2, 0.25) is 0 Å². The Balaban J connectivity index is -0.000000427. The monoisotopic (exact) mass is 321 g/mol. The van der Waals surface area contributed by atoms with E-state index in [0.29, 0.717) is 0 Å². The Kier molecular flexibility index (Phi) is 19.8. The summed E-state index contributed by atoms with van der Waals surface area (Å²) in [4.78, 5) is 42.5. The second-order valence-electron chi connectivity index (χ2n) is 3.13. The molecule has 0 heterocycles. The van der Waals surface area contributed by atoms with E-state index in [1.807, 2.05) is 0 Å². The number of carboxylic acid groups (broad SMARTS) is 2. The van der Waals surface area contributed by atoms with Gasteiger partial charge < -0.3 is 25.8 Å². The summed E-state index contributed by atoms with van der Waals surface area (Å²) in [5.74, 6) is -6.01. The molecule has 0 rings (SSSR count). The van der Waals surface area contributed by atoms with Gasteiger partial charge in [-0.25, -0.2) is 4.79 Å². The first-order chi connectivity index (χ1) is 7.71. The molecule has 0 fully saturated rings.